The molecule has 0 saturated carbocycles. The fourth-order valence-electron chi connectivity index (χ4n) is 0.667. The van der Waals surface area contributed by atoms with Gasteiger partial charge in [0, 0.05) is 6.04 Å². The van der Waals surface area contributed by atoms with Gasteiger partial charge in [0.25, 0.3) is 0 Å². The van der Waals surface area contributed by atoms with Crippen LogP contribution in [0.3, 0.4) is 0 Å². The molecule has 0 bridgehead atoms. The fraction of sp³-hybridized carbons (Fsp3) is 0.429. The molecule has 0 fully saturated rings. The standard InChI is InChI=1S/C7H11N3O/c1-5(8)6-3-10-7(11-2)4-9-6/h3-5H,8H2,1-2H3/t5-/m0/s1. The smallest absolute Gasteiger partial charge is 0.231 e. The molecule has 0 aliphatic rings. The summed E-state index contributed by atoms with van der Waals surface area (Å²) < 4.78 is 4.83. The first kappa shape index (κ1) is 7.94. The third kappa shape index (κ3) is 1.88. The zero-order chi connectivity index (χ0) is 8.27. The maximum absolute atomic E-state index is 5.56. The lowest BCUT2D eigenvalue weighted by molar-refractivity contribution is 0.394. The molecule has 0 aromatic carbocycles. The Morgan fingerprint density at radius 1 is 1.45 bits per heavy atom. The van der Waals surface area contributed by atoms with Gasteiger partial charge in [-0.3, -0.25) is 4.98 Å². The quantitative estimate of drug-likeness (QED) is 0.672. The van der Waals surface area contributed by atoms with Crippen LogP contribution >= 0.6 is 0 Å². The van der Waals surface area contributed by atoms with E-state index in [2.05, 4.69) is 9.97 Å². The van der Waals surface area contributed by atoms with Gasteiger partial charge in [0.2, 0.25) is 5.88 Å². The second-order valence-corrected chi connectivity index (χ2v) is 2.27. The lowest BCUT2D eigenvalue weighted by Crippen LogP contribution is -2.07. The third-order valence-corrected chi connectivity index (χ3v) is 1.32. The molecule has 1 atom stereocenters. The molecule has 1 rings (SSSR count). The van der Waals surface area contributed by atoms with Gasteiger partial charge in [-0.25, -0.2) is 4.98 Å². The molecule has 0 unspecified atom stereocenters. The number of hydrogen-bond donors (Lipinski definition) is 1. The van der Waals surface area contributed by atoms with Crippen LogP contribution < -0.4 is 10.5 Å². The first-order valence-corrected chi connectivity index (χ1v) is 3.35. The Bertz CT molecular complexity index is 220. The van der Waals surface area contributed by atoms with Crippen LogP contribution in [-0.4, -0.2) is 17.1 Å². The molecule has 0 amide bonds. The van der Waals surface area contributed by atoms with E-state index in [1.807, 2.05) is 6.92 Å². The van der Waals surface area contributed by atoms with E-state index in [0.29, 0.717) is 5.88 Å². The molecule has 0 aliphatic heterocycles. The molecule has 2 N–H and O–H groups in total. The molecular weight excluding hydrogens is 142 g/mol. The minimum absolute atomic E-state index is 0.0755. The Morgan fingerprint density at radius 2 is 2.18 bits per heavy atom. The monoisotopic (exact) mass is 153 g/mol. The van der Waals surface area contributed by atoms with Gasteiger partial charge in [0.05, 0.1) is 25.2 Å². The summed E-state index contributed by atoms with van der Waals surface area (Å²) in [4.78, 5) is 7.99. The van der Waals surface area contributed by atoms with Crippen molar-refractivity contribution >= 4 is 0 Å². The van der Waals surface area contributed by atoms with Crippen molar-refractivity contribution in [3.8, 4) is 5.88 Å². The number of methoxy groups -OCH3 is 1. The van der Waals surface area contributed by atoms with Crippen molar-refractivity contribution in [1.82, 2.24) is 9.97 Å². The van der Waals surface area contributed by atoms with Crippen LogP contribution in [0.4, 0.5) is 0 Å². The minimum atomic E-state index is -0.0755. The normalized spacial score (nSPS) is 12.6. The van der Waals surface area contributed by atoms with Crippen molar-refractivity contribution in [2.45, 2.75) is 13.0 Å². The number of nitrogens with zero attached hydrogens (tertiary/aromatic N) is 2. The van der Waals surface area contributed by atoms with Crippen molar-refractivity contribution < 1.29 is 4.74 Å². The Kier molecular flexibility index (Phi) is 2.38. The average molecular weight is 153 g/mol. The summed E-state index contributed by atoms with van der Waals surface area (Å²) >= 11 is 0. The van der Waals surface area contributed by atoms with Gasteiger partial charge < -0.3 is 10.5 Å². The van der Waals surface area contributed by atoms with Gasteiger partial charge in [-0.2, -0.15) is 0 Å². The number of hydrogen-bond acceptors (Lipinski definition) is 4. The van der Waals surface area contributed by atoms with Crippen molar-refractivity contribution in [1.29, 1.82) is 0 Å². The molecule has 0 radical (unpaired) electrons. The molecule has 1 aromatic heterocycles. The SMILES string of the molecule is COc1cnc([C@H](C)N)cn1. The summed E-state index contributed by atoms with van der Waals surface area (Å²) in [5.74, 6) is 0.509. The molecule has 60 valence electrons. The van der Waals surface area contributed by atoms with Crippen molar-refractivity contribution in [2.24, 2.45) is 5.73 Å². The second-order valence-electron chi connectivity index (χ2n) is 2.27. The van der Waals surface area contributed by atoms with E-state index >= 15 is 0 Å². The van der Waals surface area contributed by atoms with Gasteiger partial charge in [0.1, 0.15) is 0 Å². The summed E-state index contributed by atoms with van der Waals surface area (Å²) in [5.41, 5.74) is 6.33. The van der Waals surface area contributed by atoms with E-state index in [-0.39, 0.29) is 6.04 Å². The van der Waals surface area contributed by atoms with Crippen molar-refractivity contribution in [3.63, 3.8) is 0 Å². The van der Waals surface area contributed by atoms with Crippen LogP contribution in [0.15, 0.2) is 12.4 Å². The van der Waals surface area contributed by atoms with Gasteiger partial charge in [-0.1, -0.05) is 0 Å². The first-order chi connectivity index (χ1) is 5.24. The number of aromatic nitrogens is 2. The van der Waals surface area contributed by atoms with Crippen molar-refractivity contribution in [2.75, 3.05) is 7.11 Å². The Morgan fingerprint density at radius 3 is 2.55 bits per heavy atom. The molecule has 1 aromatic rings. The Labute approximate surface area is 65.4 Å². The van der Waals surface area contributed by atoms with Gasteiger partial charge in [-0.05, 0) is 6.92 Å². The summed E-state index contributed by atoms with van der Waals surface area (Å²) in [5, 5.41) is 0. The zero-order valence-corrected chi connectivity index (χ0v) is 6.61. The highest BCUT2D eigenvalue weighted by Crippen LogP contribution is 2.07. The molecule has 0 aliphatic carbocycles. The molecule has 0 saturated heterocycles. The van der Waals surface area contributed by atoms with Gasteiger partial charge in [0.15, 0.2) is 0 Å². The number of rotatable bonds is 2. The topological polar surface area (TPSA) is 61.0 Å². The second kappa shape index (κ2) is 3.30. The van der Waals surface area contributed by atoms with E-state index in [0.717, 1.165) is 5.69 Å². The lowest BCUT2D eigenvalue weighted by Gasteiger charge is -2.03. The predicted molar refractivity (Wildman–Crippen MR) is 41.2 cm³/mol. The average Bonchev–Trinajstić information content (AvgIpc) is 2.05. The third-order valence-electron chi connectivity index (χ3n) is 1.32. The van der Waals surface area contributed by atoms with Gasteiger partial charge >= 0.3 is 0 Å². The fourth-order valence-corrected chi connectivity index (χ4v) is 0.667. The van der Waals surface area contributed by atoms with E-state index in [9.17, 15) is 0 Å². The predicted octanol–water partition coefficient (Wildman–Crippen LogP) is 0.505. The number of ether oxygens (including phenoxy) is 1. The highest BCUT2D eigenvalue weighted by atomic mass is 16.5. The van der Waals surface area contributed by atoms with Crippen LogP contribution in [0.2, 0.25) is 0 Å². The van der Waals surface area contributed by atoms with E-state index in [1.165, 1.54) is 0 Å². The van der Waals surface area contributed by atoms with Gasteiger partial charge in [-0.15, -0.1) is 0 Å². The van der Waals surface area contributed by atoms with E-state index in [4.69, 9.17) is 10.5 Å². The molecule has 4 nitrogen and oxygen atoms in total. The molecular formula is C7H11N3O. The Balaban J connectivity index is 2.83. The summed E-state index contributed by atoms with van der Waals surface area (Å²) in [6.07, 6.45) is 3.17. The molecule has 0 spiro atoms. The highest BCUT2D eigenvalue weighted by molar-refractivity contribution is 5.08. The van der Waals surface area contributed by atoms with E-state index in [1.54, 1.807) is 19.5 Å². The van der Waals surface area contributed by atoms with Crippen LogP contribution in [-0.2, 0) is 0 Å². The molecule has 4 heteroatoms. The van der Waals surface area contributed by atoms with Crippen molar-refractivity contribution in [3.05, 3.63) is 18.1 Å². The van der Waals surface area contributed by atoms with Crippen LogP contribution in [0.5, 0.6) is 5.88 Å². The molecule has 11 heavy (non-hydrogen) atoms. The Hall–Kier alpha value is -1.16. The summed E-state index contributed by atoms with van der Waals surface area (Å²) in [6, 6.07) is -0.0755. The highest BCUT2D eigenvalue weighted by Gasteiger charge is 2.00. The minimum Gasteiger partial charge on any atom is -0.480 e. The maximum atomic E-state index is 5.56. The largest absolute Gasteiger partial charge is 0.480 e. The van der Waals surface area contributed by atoms with Crippen LogP contribution in [0.1, 0.15) is 18.7 Å². The summed E-state index contributed by atoms with van der Waals surface area (Å²) in [6.45, 7) is 1.86. The number of nitrogens with two attached hydrogens (primary N) is 1. The zero-order valence-electron chi connectivity index (χ0n) is 6.61. The summed E-state index contributed by atoms with van der Waals surface area (Å²) in [7, 11) is 1.55. The maximum Gasteiger partial charge on any atom is 0.231 e. The van der Waals surface area contributed by atoms with E-state index < -0.39 is 0 Å². The lowest BCUT2D eigenvalue weighted by atomic mass is 10.3. The van der Waals surface area contributed by atoms with Crippen LogP contribution in [0.25, 0.3) is 0 Å². The molecule has 1 heterocycles. The first-order valence-electron chi connectivity index (χ1n) is 3.35. The van der Waals surface area contributed by atoms with Crippen LogP contribution in [0, 0.1) is 0 Å².